The van der Waals surface area contributed by atoms with Crippen LogP contribution in [0.3, 0.4) is 0 Å². The van der Waals surface area contributed by atoms with Gasteiger partial charge in [-0.3, -0.25) is 0 Å². The van der Waals surface area contributed by atoms with Gasteiger partial charge in [0.15, 0.2) is 0 Å². The summed E-state index contributed by atoms with van der Waals surface area (Å²) in [5.41, 5.74) is 0. The Bertz CT molecular complexity index is 308. The predicted octanol–water partition coefficient (Wildman–Crippen LogP) is 2.15. The van der Waals surface area contributed by atoms with Crippen molar-refractivity contribution in [3.8, 4) is 0 Å². The van der Waals surface area contributed by atoms with Gasteiger partial charge in [-0.15, -0.1) is 0 Å². The Morgan fingerprint density at radius 2 is 2.05 bits per heavy atom. The lowest BCUT2D eigenvalue weighted by Gasteiger charge is -2.36. The van der Waals surface area contributed by atoms with Crippen LogP contribution in [0.5, 0.6) is 0 Å². The van der Waals surface area contributed by atoms with E-state index in [0.29, 0.717) is 19.2 Å². The Kier molecular flexibility index (Phi) is 5.66. The fraction of sp³-hybridized carbons (Fsp3) is 0.933. The molecule has 0 bridgehead atoms. The molecule has 2 aliphatic rings. The quantitative estimate of drug-likeness (QED) is 0.860. The molecule has 0 aromatic heterocycles. The minimum Gasteiger partial charge on any atom is -0.378 e. The Labute approximate surface area is 122 Å². The molecule has 1 N–H and O–H groups in total. The van der Waals surface area contributed by atoms with Crippen molar-refractivity contribution >= 4 is 6.03 Å². The highest BCUT2D eigenvalue weighted by Gasteiger charge is 2.26. The van der Waals surface area contributed by atoms with Gasteiger partial charge in [0.05, 0.1) is 18.3 Å². The molecule has 2 amide bonds. The maximum Gasteiger partial charge on any atom is 0.317 e. The minimum atomic E-state index is 0.0341. The van der Waals surface area contributed by atoms with Crippen LogP contribution in [-0.4, -0.2) is 55.0 Å². The van der Waals surface area contributed by atoms with E-state index in [9.17, 15) is 4.79 Å². The smallest absolute Gasteiger partial charge is 0.317 e. The van der Waals surface area contributed by atoms with Gasteiger partial charge in [0.1, 0.15) is 0 Å². The number of nitrogens with one attached hydrogen (secondary N) is 1. The number of morpholine rings is 1. The molecule has 4 unspecified atom stereocenters. The average Bonchev–Trinajstić information content (AvgIpc) is 2.88. The molecule has 2 heterocycles. The highest BCUT2D eigenvalue weighted by atomic mass is 16.5. The van der Waals surface area contributed by atoms with Crippen LogP contribution in [0.25, 0.3) is 0 Å². The van der Waals surface area contributed by atoms with Crippen LogP contribution >= 0.6 is 0 Å². The van der Waals surface area contributed by atoms with Gasteiger partial charge in [-0.2, -0.15) is 0 Å². The number of hydrogen-bond donors (Lipinski definition) is 1. The number of carbonyl (C=O) groups is 1. The third-order valence-electron chi connectivity index (χ3n) is 4.02. The maximum absolute atomic E-state index is 12.2. The third kappa shape index (κ3) is 4.63. The lowest BCUT2D eigenvalue weighted by atomic mass is 10.1. The molecule has 5 heteroatoms. The molecule has 116 valence electrons. The zero-order chi connectivity index (χ0) is 14.5. The molecular weight excluding hydrogens is 256 g/mol. The van der Waals surface area contributed by atoms with Gasteiger partial charge in [-0.05, 0) is 46.5 Å². The standard InChI is InChI=1S/C15H28N2O3/c1-11(6-7-14-5-4-8-19-14)16-15(18)17-9-12(2)20-13(3)10-17/h11-14H,4-10H2,1-3H3,(H,16,18). The molecular formula is C15H28N2O3. The summed E-state index contributed by atoms with van der Waals surface area (Å²) in [5, 5.41) is 3.09. The van der Waals surface area contributed by atoms with Crippen molar-refractivity contribution in [1.29, 1.82) is 0 Å². The van der Waals surface area contributed by atoms with Gasteiger partial charge in [0.25, 0.3) is 0 Å². The summed E-state index contributed by atoms with van der Waals surface area (Å²) in [7, 11) is 0. The van der Waals surface area contributed by atoms with Gasteiger partial charge in [-0.1, -0.05) is 0 Å². The highest BCUT2D eigenvalue weighted by molar-refractivity contribution is 5.74. The maximum atomic E-state index is 12.2. The van der Waals surface area contributed by atoms with E-state index in [-0.39, 0.29) is 24.3 Å². The first kappa shape index (κ1) is 15.6. The Morgan fingerprint density at radius 1 is 1.35 bits per heavy atom. The summed E-state index contributed by atoms with van der Waals surface area (Å²) in [5.74, 6) is 0. The SMILES string of the molecule is CC(CCC1CCCO1)NC(=O)N1CC(C)OC(C)C1. The molecule has 2 fully saturated rings. The summed E-state index contributed by atoms with van der Waals surface area (Å²) >= 11 is 0. The number of hydrogen-bond acceptors (Lipinski definition) is 3. The van der Waals surface area contributed by atoms with Gasteiger partial charge in [-0.25, -0.2) is 4.79 Å². The van der Waals surface area contributed by atoms with Crippen molar-refractivity contribution in [3.05, 3.63) is 0 Å². The number of rotatable bonds is 4. The zero-order valence-corrected chi connectivity index (χ0v) is 12.9. The second-order valence-corrected chi connectivity index (χ2v) is 6.23. The van der Waals surface area contributed by atoms with Crippen LogP contribution in [0.4, 0.5) is 4.79 Å². The molecule has 4 atom stereocenters. The number of nitrogens with zero attached hydrogens (tertiary/aromatic N) is 1. The van der Waals surface area contributed by atoms with Crippen LogP contribution < -0.4 is 5.32 Å². The van der Waals surface area contributed by atoms with Gasteiger partial charge in [0.2, 0.25) is 0 Å². The molecule has 0 spiro atoms. The predicted molar refractivity (Wildman–Crippen MR) is 77.8 cm³/mol. The topological polar surface area (TPSA) is 50.8 Å². The van der Waals surface area contributed by atoms with Crippen molar-refractivity contribution in [3.63, 3.8) is 0 Å². The number of amides is 2. The molecule has 20 heavy (non-hydrogen) atoms. The zero-order valence-electron chi connectivity index (χ0n) is 12.9. The second-order valence-electron chi connectivity index (χ2n) is 6.23. The Hall–Kier alpha value is -0.810. The largest absolute Gasteiger partial charge is 0.378 e. The van der Waals surface area contributed by atoms with Crippen LogP contribution in [0.15, 0.2) is 0 Å². The summed E-state index contributed by atoms with van der Waals surface area (Å²) in [4.78, 5) is 14.1. The fourth-order valence-electron chi connectivity index (χ4n) is 3.03. The first-order valence-electron chi connectivity index (χ1n) is 7.87. The van der Waals surface area contributed by atoms with E-state index in [2.05, 4.69) is 12.2 Å². The fourth-order valence-corrected chi connectivity index (χ4v) is 3.03. The lowest BCUT2D eigenvalue weighted by Crippen LogP contribution is -2.53. The number of urea groups is 1. The molecule has 2 aliphatic heterocycles. The Morgan fingerprint density at radius 3 is 2.65 bits per heavy atom. The molecule has 0 saturated carbocycles. The van der Waals surface area contributed by atoms with Gasteiger partial charge >= 0.3 is 6.03 Å². The molecule has 0 aliphatic carbocycles. The van der Waals surface area contributed by atoms with E-state index >= 15 is 0 Å². The molecule has 0 aromatic rings. The van der Waals surface area contributed by atoms with E-state index in [1.807, 2.05) is 18.7 Å². The van der Waals surface area contributed by atoms with Gasteiger partial charge < -0.3 is 19.7 Å². The first-order valence-corrected chi connectivity index (χ1v) is 7.87. The summed E-state index contributed by atoms with van der Waals surface area (Å²) in [6.07, 6.45) is 4.99. The van der Waals surface area contributed by atoms with Crippen LogP contribution in [0.1, 0.15) is 46.5 Å². The average molecular weight is 284 g/mol. The van der Waals surface area contributed by atoms with Crippen LogP contribution in [0.2, 0.25) is 0 Å². The first-order chi connectivity index (χ1) is 9.54. The van der Waals surface area contributed by atoms with E-state index in [1.165, 1.54) is 12.8 Å². The number of ether oxygens (including phenoxy) is 2. The van der Waals surface area contributed by atoms with Crippen LogP contribution in [-0.2, 0) is 9.47 Å². The third-order valence-corrected chi connectivity index (χ3v) is 4.02. The minimum absolute atomic E-state index is 0.0341. The van der Waals surface area contributed by atoms with Gasteiger partial charge in [0, 0.05) is 25.7 Å². The van der Waals surface area contributed by atoms with Crippen molar-refractivity contribution in [2.75, 3.05) is 19.7 Å². The molecule has 2 saturated heterocycles. The molecule has 0 aromatic carbocycles. The monoisotopic (exact) mass is 284 g/mol. The number of carbonyl (C=O) groups excluding carboxylic acids is 1. The van der Waals surface area contributed by atoms with Crippen molar-refractivity contribution in [1.82, 2.24) is 10.2 Å². The van der Waals surface area contributed by atoms with Crippen molar-refractivity contribution in [2.45, 2.75) is 70.8 Å². The van der Waals surface area contributed by atoms with E-state index in [4.69, 9.17) is 9.47 Å². The molecule has 2 rings (SSSR count). The summed E-state index contributed by atoms with van der Waals surface area (Å²) < 4.78 is 11.3. The van der Waals surface area contributed by atoms with E-state index in [0.717, 1.165) is 19.4 Å². The summed E-state index contributed by atoms with van der Waals surface area (Å²) in [6, 6.07) is 0.229. The van der Waals surface area contributed by atoms with Crippen molar-refractivity contribution in [2.24, 2.45) is 0 Å². The molecule has 0 radical (unpaired) electrons. The van der Waals surface area contributed by atoms with E-state index < -0.39 is 0 Å². The normalized spacial score (nSPS) is 32.1. The van der Waals surface area contributed by atoms with E-state index in [1.54, 1.807) is 0 Å². The molecule has 5 nitrogen and oxygen atoms in total. The summed E-state index contributed by atoms with van der Waals surface area (Å²) in [6.45, 7) is 8.34. The highest BCUT2D eigenvalue weighted by Crippen LogP contribution is 2.18. The second kappa shape index (κ2) is 7.27. The van der Waals surface area contributed by atoms with Crippen molar-refractivity contribution < 1.29 is 14.3 Å². The Balaban J connectivity index is 1.69. The van der Waals surface area contributed by atoms with Crippen LogP contribution in [0, 0.1) is 0 Å². The lowest BCUT2D eigenvalue weighted by molar-refractivity contribution is -0.0547.